The van der Waals surface area contributed by atoms with Gasteiger partial charge in [0.15, 0.2) is 0 Å². The molecule has 3 saturated heterocycles. The van der Waals surface area contributed by atoms with Gasteiger partial charge in [0, 0.05) is 75.6 Å². The summed E-state index contributed by atoms with van der Waals surface area (Å²) in [6.45, 7) is 10.9. The number of ether oxygens (including phenoxy) is 4. The molecule has 6 rings (SSSR count). The molecule has 10 amide bonds. The maximum atomic E-state index is 14.3. The highest BCUT2D eigenvalue weighted by atomic mass is 35.5. The summed E-state index contributed by atoms with van der Waals surface area (Å²) in [4.78, 5) is 135. The molecule has 2 unspecified atom stereocenters. The average Bonchev–Trinajstić information content (AvgIpc) is 3.14. The van der Waals surface area contributed by atoms with E-state index in [-0.39, 0.29) is 103 Å². The fourth-order valence-corrected chi connectivity index (χ4v) is 10.6. The molecule has 4 bridgehead atoms. The van der Waals surface area contributed by atoms with E-state index in [1.807, 2.05) is 32.1 Å². The number of amides is 10. The van der Waals surface area contributed by atoms with Crippen molar-refractivity contribution in [2.24, 2.45) is 23.5 Å². The normalized spacial score (nSPS) is 23.9. The number of carbonyl (C=O) groups excluding carboxylic acids is 10. The van der Waals surface area contributed by atoms with Crippen LogP contribution in [0.15, 0.2) is 60.2 Å². The molecular weight excluding hydrogens is 1090 g/mol. The fraction of sp³-hybridized carbons (Fsp3) is 0.559. The van der Waals surface area contributed by atoms with Crippen molar-refractivity contribution in [3.63, 3.8) is 0 Å². The maximum Gasteiger partial charge on any atom is 0.407 e. The largest absolute Gasteiger partial charge is 0.495 e. The van der Waals surface area contributed by atoms with Crippen molar-refractivity contribution in [2.45, 2.75) is 161 Å². The van der Waals surface area contributed by atoms with Crippen LogP contribution >= 0.6 is 11.6 Å². The fourth-order valence-electron chi connectivity index (χ4n) is 10.3. The van der Waals surface area contributed by atoms with Gasteiger partial charge in [-0.3, -0.25) is 38.5 Å². The maximum absolute atomic E-state index is 14.3. The molecule has 3 fully saturated rings. The first-order valence-electron chi connectivity index (χ1n) is 28.3. The zero-order valence-electron chi connectivity index (χ0n) is 48.8. The highest BCUT2D eigenvalue weighted by Gasteiger charge is 2.54. The number of nitrogens with zero attached hydrogens (tertiary/aromatic N) is 3. The molecule has 0 saturated carbocycles. The van der Waals surface area contributed by atoms with Crippen LogP contribution in [-0.2, 0) is 54.2 Å². The number of methoxy groups -OCH3 is 1. The number of halogens is 1. The number of allylic oxidation sites excluding steroid dienone is 3. The summed E-state index contributed by atoms with van der Waals surface area (Å²) in [5.41, 5.74) is 7.85. The number of nitrogens with one attached hydrogen (secondary N) is 5. The van der Waals surface area contributed by atoms with Gasteiger partial charge in [-0.05, 0) is 100 Å². The number of esters is 1. The second kappa shape index (κ2) is 29.6. The Morgan fingerprint density at radius 1 is 0.928 bits per heavy atom. The van der Waals surface area contributed by atoms with Gasteiger partial charge in [0.2, 0.25) is 35.4 Å². The standard InChI is InChI=1S/C59H80ClN9O14/c1-32(2)50(66-46(70)19-11-10-14-25-69-48(72)27-34(4)55(69)75)54(74)65-41(18-15-24-62-58(61)78)53(73)63-39-22-20-38(21-23-39)56(76)67(7)36(6)57(77)81-45-31-47(71)68(8)42-28-37(29-44(80-9)49(42)60)26-33(3)16-12-13-17-40-30-43(82-59(79)64-40)35(5)51-52(45)83-51/h12-13,16,20-23,28-29,32,34-36,40-41,43,45,50-52H,10-11,14-15,17-19,24-27,30-31H2,1-9H3,(H,63,73)(H,64,79)(H,65,74)(H,66,70)(H3,61,62,78)/b13-12+,33-16+/t34?,35-,36+,40?,41+,43+,45+,50+,51+,52+/m1/s1. The number of rotatable bonds is 21. The SMILES string of the molecule is COc1cc2cc(c1Cl)N(C)C(=O)C[C@H](OC(=O)[C@H](C)N(C)C(=O)c1ccc(NC(=O)[C@H](CCCNC(N)=O)NC(=O)[C@@H](NC(=O)CCCCCN3C(=O)CC(C)C3=O)C(C)C)cc1)[C@@H]1O[C@H]1[C@H](C)[C@@H]1CC(C/C=C/C=C(\C)C2)NC(=O)O1. The number of urea groups is 1. The molecule has 4 heterocycles. The molecule has 4 aliphatic heterocycles. The number of anilines is 2. The number of carbonyl (C=O) groups is 10. The number of alkyl carbamates (subject to hydrolysis) is 1. The summed E-state index contributed by atoms with van der Waals surface area (Å²) < 4.78 is 23.6. The molecule has 452 valence electrons. The monoisotopic (exact) mass is 1170 g/mol. The predicted octanol–water partition coefficient (Wildman–Crippen LogP) is 5.46. The lowest BCUT2D eigenvalue weighted by molar-refractivity contribution is -0.155. The van der Waals surface area contributed by atoms with E-state index in [0.29, 0.717) is 50.0 Å². The Morgan fingerprint density at radius 2 is 1.65 bits per heavy atom. The number of imide groups is 1. The zero-order chi connectivity index (χ0) is 60.8. The molecule has 2 aromatic carbocycles. The van der Waals surface area contributed by atoms with Crippen molar-refractivity contribution >= 4 is 82.4 Å². The molecule has 2 aromatic rings. The highest BCUT2D eigenvalue weighted by Crippen LogP contribution is 2.41. The first-order valence-corrected chi connectivity index (χ1v) is 28.7. The first kappa shape index (κ1) is 64.6. The van der Waals surface area contributed by atoms with E-state index in [1.165, 1.54) is 60.0 Å². The average molecular weight is 1170 g/mol. The Labute approximate surface area is 489 Å². The molecule has 7 N–H and O–H groups in total. The zero-order valence-corrected chi connectivity index (χ0v) is 49.5. The summed E-state index contributed by atoms with van der Waals surface area (Å²) in [5.74, 6) is -4.60. The van der Waals surface area contributed by atoms with Gasteiger partial charge in [-0.25, -0.2) is 14.4 Å². The number of hydrogen-bond acceptors (Lipinski definition) is 14. The van der Waals surface area contributed by atoms with Gasteiger partial charge in [-0.1, -0.05) is 69.5 Å². The quantitative estimate of drug-likeness (QED) is 0.0392. The molecule has 4 aliphatic rings. The lowest BCUT2D eigenvalue weighted by atomic mass is 9.90. The Hall–Kier alpha value is -7.53. The minimum atomic E-state index is -1.19. The second-order valence-electron chi connectivity index (χ2n) is 22.3. The van der Waals surface area contributed by atoms with E-state index in [9.17, 15) is 47.9 Å². The minimum absolute atomic E-state index is 0.0618. The lowest BCUT2D eigenvalue weighted by Crippen LogP contribution is -2.54. The molecular formula is C59H80ClN9O14. The van der Waals surface area contributed by atoms with Gasteiger partial charge in [-0.15, -0.1) is 0 Å². The Kier molecular flexibility index (Phi) is 23.1. The van der Waals surface area contributed by atoms with Crippen LogP contribution in [0, 0.1) is 17.8 Å². The van der Waals surface area contributed by atoms with E-state index >= 15 is 0 Å². The third-order valence-corrected chi connectivity index (χ3v) is 15.9. The van der Waals surface area contributed by atoms with Crippen LogP contribution in [0.5, 0.6) is 5.75 Å². The number of likely N-dealkylation sites (tertiary alicyclic amines) is 1. The number of fused-ring (bicyclic) bond motifs is 5. The number of epoxide rings is 1. The summed E-state index contributed by atoms with van der Waals surface area (Å²) in [5, 5.41) is 13.8. The number of hydrogen-bond donors (Lipinski definition) is 6. The molecule has 0 aliphatic carbocycles. The van der Waals surface area contributed by atoms with Crippen LogP contribution in [0.25, 0.3) is 0 Å². The summed E-state index contributed by atoms with van der Waals surface area (Å²) in [6.07, 6.45) is 5.67. The Morgan fingerprint density at radius 3 is 2.31 bits per heavy atom. The number of primary amides is 1. The lowest BCUT2D eigenvalue weighted by Gasteiger charge is -2.33. The third kappa shape index (κ3) is 17.7. The topological polar surface area (TPSA) is 307 Å². The van der Waals surface area contributed by atoms with Crippen LogP contribution in [0.2, 0.25) is 5.02 Å². The van der Waals surface area contributed by atoms with E-state index in [4.69, 9.17) is 36.3 Å². The van der Waals surface area contributed by atoms with E-state index < -0.39 is 84.3 Å². The summed E-state index contributed by atoms with van der Waals surface area (Å²) in [6, 6.07) is 5.11. The number of likely N-dealkylation sites (N-methyl/N-ethyl adjacent to an activating group) is 1. The van der Waals surface area contributed by atoms with Gasteiger partial charge >= 0.3 is 18.1 Å². The van der Waals surface area contributed by atoms with Crippen LogP contribution in [0.3, 0.4) is 0 Å². The molecule has 10 atom stereocenters. The van der Waals surface area contributed by atoms with Crippen LogP contribution in [-0.4, -0.2) is 152 Å². The van der Waals surface area contributed by atoms with Crippen LogP contribution in [0.1, 0.15) is 122 Å². The van der Waals surface area contributed by atoms with Gasteiger partial charge in [-0.2, -0.15) is 0 Å². The Bertz CT molecular complexity index is 2810. The third-order valence-electron chi connectivity index (χ3n) is 15.5. The van der Waals surface area contributed by atoms with Crippen molar-refractivity contribution in [2.75, 3.05) is 44.5 Å². The van der Waals surface area contributed by atoms with Crippen molar-refractivity contribution in [1.29, 1.82) is 0 Å². The molecule has 83 heavy (non-hydrogen) atoms. The van der Waals surface area contributed by atoms with E-state index in [1.54, 1.807) is 40.0 Å². The second-order valence-corrected chi connectivity index (χ2v) is 22.7. The van der Waals surface area contributed by atoms with Crippen LogP contribution < -0.4 is 42.0 Å². The van der Waals surface area contributed by atoms with Crippen molar-refractivity contribution < 1.29 is 66.9 Å². The molecule has 0 radical (unpaired) electrons. The van der Waals surface area contributed by atoms with Crippen molar-refractivity contribution in [3.8, 4) is 5.75 Å². The molecule has 23 nitrogen and oxygen atoms in total. The van der Waals surface area contributed by atoms with Gasteiger partial charge in [0.25, 0.3) is 5.91 Å². The summed E-state index contributed by atoms with van der Waals surface area (Å²) >= 11 is 6.81. The van der Waals surface area contributed by atoms with E-state index in [0.717, 1.165) is 11.1 Å². The van der Waals surface area contributed by atoms with Gasteiger partial charge in [0.05, 0.1) is 25.3 Å². The molecule has 24 heteroatoms. The summed E-state index contributed by atoms with van der Waals surface area (Å²) in [7, 11) is 4.46. The number of benzene rings is 2. The molecule has 0 spiro atoms. The highest BCUT2D eigenvalue weighted by molar-refractivity contribution is 6.35. The van der Waals surface area contributed by atoms with Crippen molar-refractivity contribution in [3.05, 3.63) is 76.3 Å². The predicted molar refractivity (Wildman–Crippen MR) is 308 cm³/mol. The Balaban J connectivity index is 1.10. The smallest absolute Gasteiger partial charge is 0.407 e. The number of nitrogens with two attached hydrogens (primary N) is 1. The van der Waals surface area contributed by atoms with E-state index in [2.05, 4.69) is 26.6 Å². The van der Waals surface area contributed by atoms with Gasteiger partial charge < -0.3 is 61.1 Å². The number of unbranched alkanes of at least 4 members (excludes halogenated alkanes) is 2. The minimum Gasteiger partial charge on any atom is -0.495 e. The van der Waals surface area contributed by atoms with Gasteiger partial charge in [0.1, 0.15) is 47.2 Å². The van der Waals surface area contributed by atoms with Crippen molar-refractivity contribution in [1.82, 2.24) is 31.1 Å². The first-order chi connectivity index (χ1) is 39.4. The molecule has 0 aromatic heterocycles. The van der Waals surface area contributed by atoms with Crippen LogP contribution in [0.4, 0.5) is 21.0 Å².